The van der Waals surface area contributed by atoms with Gasteiger partial charge in [0.2, 0.25) is 5.88 Å². The van der Waals surface area contributed by atoms with Gasteiger partial charge in [-0.1, -0.05) is 6.07 Å². The normalized spacial score (nSPS) is 9.70. The van der Waals surface area contributed by atoms with Gasteiger partial charge in [-0.3, -0.25) is 24.5 Å². The van der Waals surface area contributed by atoms with Crippen LogP contribution in [0.1, 0.15) is 26.7 Å². The van der Waals surface area contributed by atoms with E-state index in [-0.39, 0.29) is 11.3 Å². The van der Waals surface area contributed by atoms with E-state index in [4.69, 9.17) is 10.0 Å². The van der Waals surface area contributed by atoms with E-state index in [0.717, 1.165) is 22.4 Å². The molecule has 2 N–H and O–H groups in total. The van der Waals surface area contributed by atoms with Crippen molar-refractivity contribution in [2.75, 3.05) is 7.11 Å². The Bertz CT molecular complexity index is 1330. The van der Waals surface area contributed by atoms with Gasteiger partial charge in [0, 0.05) is 45.2 Å². The molecule has 4 rings (SSSR count). The second kappa shape index (κ2) is 14.6. The molecule has 0 fully saturated rings. The molecule has 0 aliphatic carbocycles. The van der Waals surface area contributed by atoms with Crippen LogP contribution in [0, 0.1) is 18.6 Å². The lowest BCUT2D eigenvalue weighted by molar-refractivity contribution is 0.111. The third-order valence-electron chi connectivity index (χ3n) is 4.43. The number of aldehydes is 2. The average molecular weight is 573 g/mol. The lowest BCUT2D eigenvalue weighted by Gasteiger charge is -2.03. The van der Waals surface area contributed by atoms with E-state index in [9.17, 15) is 18.4 Å². The predicted molar refractivity (Wildman–Crippen MR) is 135 cm³/mol. The second-order valence-electron chi connectivity index (χ2n) is 7.04. The topological polar surface area (TPSA) is 135 Å². The van der Waals surface area contributed by atoms with E-state index in [0.29, 0.717) is 35.1 Å². The fraction of sp³-hybridized carbons (Fsp3) is 0.0833. The van der Waals surface area contributed by atoms with Gasteiger partial charge in [-0.15, -0.1) is 0 Å². The van der Waals surface area contributed by atoms with Crippen LogP contribution in [0.15, 0.2) is 65.7 Å². The number of rotatable bonds is 5. The Balaban J connectivity index is 0.000000204. The summed E-state index contributed by atoms with van der Waals surface area (Å²) in [4.78, 5) is 35.5. The number of hydrogen-bond acceptors (Lipinski definition) is 9. The molecule has 0 saturated carbocycles. The number of carbonyl (C=O) groups excluding carboxylic acids is 2. The lowest BCUT2D eigenvalue weighted by atomic mass is 9.80. The molecule has 0 saturated heterocycles. The predicted octanol–water partition coefficient (Wildman–Crippen LogP) is 2.97. The molecule has 4 heterocycles. The number of halogens is 3. The van der Waals surface area contributed by atoms with E-state index in [1.54, 1.807) is 43.5 Å². The van der Waals surface area contributed by atoms with Gasteiger partial charge < -0.3 is 14.8 Å². The highest BCUT2D eigenvalue weighted by Gasteiger charge is 2.17. The third kappa shape index (κ3) is 9.22. The maximum absolute atomic E-state index is 13.5. The second-order valence-corrected chi connectivity index (χ2v) is 7.95. The summed E-state index contributed by atoms with van der Waals surface area (Å²) < 4.78 is 31.7. The van der Waals surface area contributed by atoms with Gasteiger partial charge in [-0.2, -0.15) is 0 Å². The molecule has 13 heteroatoms. The Morgan fingerprint density at radius 2 is 1.49 bits per heavy atom. The molecule has 9 nitrogen and oxygen atoms in total. The van der Waals surface area contributed by atoms with Gasteiger partial charge in [0.25, 0.3) is 0 Å². The number of pyridine rings is 4. The first-order chi connectivity index (χ1) is 17.7. The van der Waals surface area contributed by atoms with Crippen molar-refractivity contribution in [3.05, 3.63) is 94.4 Å². The molecular weight excluding hydrogens is 553 g/mol. The molecule has 0 amide bonds. The summed E-state index contributed by atoms with van der Waals surface area (Å²) in [6.45, 7) is 1.79. The molecule has 0 bridgehead atoms. The zero-order valence-electron chi connectivity index (χ0n) is 19.5. The summed E-state index contributed by atoms with van der Waals surface area (Å²) in [5.74, 6) is -1.03. The van der Waals surface area contributed by atoms with Crippen LogP contribution in [0.2, 0.25) is 0 Å². The minimum absolute atomic E-state index is 0.138. The quantitative estimate of drug-likeness (QED) is 0.273. The maximum atomic E-state index is 13.5. The maximum Gasteiger partial charge on any atom is 0.491 e. The highest BCUT2D eigenvalue weighted by atomic mass is 79.9. The standard InChI is InChI=1S/C12H9FN2O.C6H7BFNO3.C6H4BrNO/c1-8-4-11(12(13)6-14-8)9-2-3-10(7-16)15-5-9;1-12-6-2-4(7(10)11)5(8)3-9-6;7-5-1-2-6(4-9)8-3-5/h2-7H,1H3;2-3,10-11H,1H3;1-4H. The molecule has 0 aliphatic heterocycles. The van der Waals surface area contributed by atoms with Crippen LogP contribution in [0.4, 0.5) is 8.78 Å². The minimum Gasteiger partial charge on any atom is -0.481 e. The summed E-state index contributed by atoms with van der Waals surface area (Å²) in [6, 6.07) is 9.41. The molecular formula is C24H20BBrF2N4O5. The molecule has 0 radical (unpaired) electrons. The Morgan fingerprint density at radius 1 is 0.865 bits per heavy atom. The van der Waals surface area contributed by atoms with Crippen LogP contribution in [0.25, 0.3) is 11.1 Å². The largest absolute Gasteiger partial charge is 0.491 e. The van der Waals surface area contributed by atoms with Crippen molar-refractivity contribution < 1.29 is 33.2 Å². The SMILES string of the molecule is COc1cc(B(O)O)c(F)cn1.Cc1cc(-c2ccc(C=O)nc2)c(F)cn1.O=Cc1ccc(Br)cn1. The molecule has 0 unspecified atom stereocenters. The molecule has 0 aromatic carbocycles. The number of aryl methyl sites for hydroxylation is 1. The summed E-state index contributed by atoms with van der Waals surface area (Å²) in [7, 11) is -0.491. The Kier molecular flexibility index (Phi) is 11.5. The zero-order valence-corrected chi connectivity index (χ0v) is 21.1. The third-order valence-corrected chi connectivity index (χ3v) is 4.90. The first-order valence-corrected chi connectivity index (χ1v) is 11.1. The molecule has 37 heavy (non-hydrogen) atoms. The van der Waals surface area contributed by atoms with Crippen molar-refractivity contribution in [2.45, 2.75) is 6.92 Å². The van der Waals surface area contributed by atoms with Crippen molar-refractivity contribution in [3.63, 3.8) is 0 Å². The van der Waals surface area contributed by atoms with Crippen molar-refractivity contribution in [1.82, 2.24) is 19.9 Å². The van der Waals surface area contributed by atoms with Gasteiger partial charge in [0.05, 0.1) is 19.5 Å². The highest BCUT2D eigenvalue weighted by Crippen LogP contribution is 2.22. The van der Waals surface area contributed by atoms with Crippen molar-refractivity contribution in [3.8, 4) is 17.0 Å². The van der Waals surface area contributed by atoms with Crippen LogP contribution in [-0.4, -0.2) is 56.8 Å². The Hall–Kier alpha value is -3.94. The van der Waals surface area contributed by atoms with E-state index < -0.39 is 18.8 Å². The average Bonchev–Trinajstić information content (AvgIpc) is 2.91. The van der Waals surface area contributed by atoms with E-state index in [1.165, 1.54) is 19.5 Å². The molecule has 0 aliphatic rings. The molecule has 0 spiro atoms. The molecule has 0 atom stereocenters. The van der Waals surface area contributed by atoms with Gasteiger partial charge >= 0.3 is 7.12 Å². The fourth-order valence-corrected chi connectivity index (χ4v) is 2.83. The van der Waals surface area contributed by atoms with E-state index in [1.807, 2.05) is 0 Å². The smallest absolute Gasteiger partial charge is 0.481 e. The highest BCUT2D eigenvalue weighted by molar-refractivity contribution is 9.10. The number of nitrogens with zero attached hydrogens (tertiary/aromatic N) is 4. The number of methoxy groups -OCH3 is 1. The summed E-state index contributed by atoms with van der Waals surface area (Å²) in [6.07, 6.45) is 6.47. The number of hydrogen-bond donors (Lipinski definition) is 2. The number of aromatic nitrogens is 4. The van der Waals surface area contributed by atoms with Crippen molar-refractivity contribution in [2.24, 2.45) is 0 Å². The van der Waals surface area contributed by atoms with Gasteiger partial charge in [0.1, 0.15) is 23.0 Å². The zero-order chi connectivity index (χ0) is 27.4. The summed E-state index contributed by atoms with van der Waals surface area (Å²) in [5.41, 5.74) is 2.34. The van der Waals surface area contributed by atoms with Gasteiger partial charge in [-0.05, 0) is 47.1 Å². The molecule has 4 aromatic rings. The summed E-state index contributed by atoms with van der Waals surface area (Å²) in [5, 5.41) is 17.3. The van der Waals surface area contributed by atoms with E-state index in [2.05, 4.69) is 40.6 Å². The van der Waals surface area contributed by atoms with Gasteiger partial charge in [-0.25, -0.2) is 13.8 Å². The number of ether oxygens (including phenoxy) is 1. The first kappa shape index (κ1) is 29.3. The molecule has 190 valence electrons. The number of carbonyl (C=O) groups is 2. The summed E-state index contributed by atoms with van der Waals surface area (Å²) >= 11 is 3.20. The minimum atomic E-state index is -1.85. The van der Waals surface area contributed by atoms with Crippen molar-refractivity contribution >= 4 is 41.1 Å². The van der Waals surface area contributed by atoms with Crippen LogP contribution in [0.3, 0.4) is 0 Å². The van der Waals surface area contributed by atoms with Gasteiger partial charge in [0.15, 0.2) is 12.6 Å². The monoisotopic (exact) mass is 572 g/mol. The van der Waals surface area contributed by atoms with E-state index >= 15 is 0 Å². The Labute approximate surface area is 219 Å². The van der Waals surface area contributed by atoms with Crippen molar-refractivity contribution in [1.29, 1.82) is 0 Å². The fourth-order valence-electron chi connectivity index (χ4n) is 2.60. The Morgan fingerprint density at radius 3 is 2.00 bits per heavy atom. The molecule has 4 aromatic heterocycles. The lowest BCUT2D eigenvalue weighted by Crippen LogP contribution is -2.33. The van der Waals surface area contributed by atoms with Crippen LogP contribution in [0.5, 0.6) is 5.88 Å². The first-order valence-electron chi connectivity index (χ1n) is 10.3. The van der Waals surface area contributed by atoms with Crippen LogP contribution >= 0.6 is 15.9 Å². The van der Waals surface area contributed by atoms with Crippen LogP contribution < -0.4 is 10.2 Å². The van der Waals surface area contributed by atoms with Crippen LogP contribution in [-0.2, 0) is 0 Å².